The molecule has 2 aromatic heterocycles. The summed E-state index contributed by atoms with van der Waals surface area (Å²) in [7, 11) is 0. The largest absolute Gasteiger partial charge is 0.394 e. The number of aromatic nitrogens is 3. The van der Waals surface area contributed by atoms with Gasteiger partial charge in [-0.15, -0.1) is 0 Å². The number of anilines is 1. The van der Waals surface area contributed by atoms with Gasteiger partial charge in [-0.1, -0.05) is 0 Å². The van der Waals surface area contributed by atoms with E-state index >= 15 is 0 Å². The molecule has 4 atom stereocenters. The van der Waals surface area contributed by atoms with Crippen LogP contribution in [0.25, 0.3) is 11.0 Å². The smallest absolute Gasteiger partial charge is 0.181 e. The molecule has 2 aromatic rings. The molecule has 0 aliphatic carbocycles. The summed E-state index contributed by atoms with van der Waals surface area (Å²) in [4.78, 5) is 7.84. The van der Waals surface area contributed by atoms with Crippen LogP contribution >= 0.6 is 0 Å². The van der Waals surface area contributed by atoms with Crippen molar-refractivity contribution in [2.75, 3.05) is 12.3 Å². The summed E-state index contributed by atoms with van der Waals surface area (Å²) in [5.74, 6) is 0.0955. The van der Waals surface area contributed by atoms with E-state index in [0.29, 0.717) is 5.39 Å². The molecule has 0 spiro atoms. The van der Waals surface area contributed by atoms with Gasteiger partial charge in [0.2, 0.25) is 0 Å². The zero-order valence-electron chi connectivity index (χ0n) is 11.6. The second-order valence-corrected chi connectivity index (χ2v) is 5.32. The minimum absolute atomic E-state index is 0.0955. The Bertz CT molecular complexity index is 769. The van der Waals surface area contributed by atoms with Gasteiger partial charge in [0.15, 0.2) is 11.9 Å². The molecule has 0 radical (unpaired) electrons. The maximum atomic E-state index is 14.9. The van der Waals surface area contributed by atoms with Crippen molar-refractivity contribution in [3.8, 4) is 6.07 Å². The number of nitrogen functional groups attached to an aromatic ring is 1. The summed E-state index contributed by atoms with van der Waals surface area (Å²) < 4.78 is 21.6. The van der Waals surface area contributed by atoms with Crippen molar-refractivity contribution in [2.24, 2.45) is 0 Å². The normalized spacial score (nSPS) is 31.5. The summed E-state index contributed by atoms with van der Waals surface area (Å²) in [6.07, 6.45) is -1.28. The van der Waals surface area contributed by atoms with Gasteiger partial charge in [0.25, 0.3) is 0 Å². The van der Waals surface area contributed by atoms with E-state index in [9.17, 15) is 19.9 Å². The Labute approximate surface area is 124 Å². The molecule has 3 heterocycles. The van der Waals surface area contributed by atoms with E-state index in [4.69, 9.17) is 10.5 Å². The average Bonchev–Trinajstić information content (AvgIpc) is 2.97. The number of rotatable bonds is 2. The van der Waals surface area contributed by atoms with E-state index in [1.54, 1.807) is 0 Å². The third-order valence-electron chi connectivity index (χ3n) is 3.91. The Morgan fingerprint density at radius 2 is 2.32 bits per heavy atom. The van der Waals surface area contributed by atoms with E-state index < -0.39 is 30.7 Å². The molecule has 3 rings (SSSR count). The highest BCUT2D eigenvalue weighted by atomic mass is 19.1. The Kier molecular flexibility index (Phi) is 3.25. The SMILES string of the molecule is C[C@]1(F)[C@H](O)[C@@H](CO)O[C@H]1n1cc(C#N)c2c(N)ncnc21. The minimum atomic E-state index is -2.17. The molecule has 1 fully saturated rings. The summed E-state index contributed by atoms with van der Waals surface area (Å²) in [5.41, 5.74) is 3.98. The zero-order valence-corrected chi connectivity index (χ0v) is 11.6. The van der Waals surface area contributed by atoms with Crippen LogP contribution in [0.1, 0.15) is 18.7 Å². The highest BCUT2D eigenvalue weighted by Crippen LogP contribution is 2.43. The number of nitrogens with two attached hydrogens (primary N) is 1. The number of ether oxygens (including phenoxy) is 1. The Morgan fingerprint density at radius 3 is 2.91 bits per heavy atom. The predicted molar refractivity (Wildman–Crippen MR) is 73.2 cm³/mol. The lowest BCUT2D eigenvalue weighted by atomic mass is 9.98. The van der Waals surface area contributed by atoms with Gasteiger partial charge >= 0.3 is 0 Å². The molecule has 22 heavy (non-hydrogen) atoms. The number of alkyl halides is 1. The first-order valence-corrected chi connectivity index (χ1v) is 6.56. The van der Waals surface area contributed by atoms with Crippen molar-refractivity contribution in [1.82, 2.24) is 14.5 Å². The van der Waals surface area contributed by atoms with Crippen molar-refractivity contribution in [3.05, 3.63) is 18.1 Å². The molecule has 0 saturated carbocycles. The summed E-state index contributed by atoms with van der Waals surface area (Å²) in [6.45, 7) is 0.638. The number of halogens is 1. The number of aliphatic hydroxyl groups is 2. The minimum Gasteiger partial charge on any atom is -0.394 e. The molecule has 0 bridgehead atoms. The highest BCUT2D eigenvalue weighted by Gasteiger charge is 2.55. The maximum absolute atomic E-state index is 14.9. The molecule has 9 heteroatoms. The number of fused-ring (bicyclic) bond motifs is 1. The van der Waals surface area contributed by atoms with Gasteiger partial charge in [-0.05, 0) is 6.92 Å². The molecule has 1 saturated heterocycles. The molecule has 0 unspecified atom stereocenters. The van der Waals surface area contributed by atoms with Crippen LogP contribution in [0, 0.1) is 11.3 Å². The molecule has 4 N–H and O–H groups in total. The summed E-state index contributed by atoms with van der Waals surface area (Å²) in [6, 6.07) is 1.95. The lowest BCUT2D eigenvalue weighted by Crippen LogP contribution is -2.40. The average molecular weight is 307 g/mol. The Balaban J connectivity index is 2.20. The van der Waals surface area contributed by atoms with Gasteiger partial charge in [-0.3, -0.25) is 0 Å². The van der Waals surface area contributed by atoms with Crippen molar-refractivity contribution < 1.29 is 19.3 Å². The van der Waals surface area contributed by atoms with Crippen LogP contribution in [0.2, 0.25) is 0 Å². The van der Waals surface area contributed by atoms with Gasteiger partial charge in [0.1, 0.15) is 36.1 Å². The third kappa shape index (κ3) is 1.85. The molecule has 8 nitrogen and oxygen atoms in total. The number of hydrogen-bond acceptors (Lipinski definition) is 7. The van der Waals surface area contributed by atoms with E-state index in [1.807, 2.05) is 6.07 Å². The molecule has 116 valence electrons. The standard InChI is InChI=1S/C13H14FN5O3/c1-13(14)9(21)7(4-20)22-12(13)19-3-6(2-15)8-10(16)17-5-18-11(8)19/h3,5,7,9,12,20-21H,4H2,1H3,(H2,16,17,18)/t7-,9-,12-,13+/m1/s1. The van der Waals surface area contributed by atoms with Crippen LogP contribution in [0.4, 0.5) is 10.2 Å². The highest BCUT2D eigenvalue weighted by molar-refractivity contribution is 5.92. The second-order valence-electron chi connectivity index (χ2n) is 5.32. The second kappa shape index (κ2) is 4.88. The molecule has 1 aliphatic rings. The monoisotopic (exact) mass is 307 g/mol. The van der Waals surface area contributed by atoms with Crippen LogP contribution in [0.15, 0.2) is 12.5 Å². The number of nitrogens with zero attached hydrogens (tertiary/aromatic N) is 4. The fraction of sp³-hybridized carbons (Fsp3) is 0.462. The topological polar surface area (TPSA) is 130 Å². The first-order valence-electron chi connectivity index (χ1n) is 6.56. The van der Waals surface area contributed by atoms with E-state index in [2.05, 4.69) is 9.97 Å². The van der Waals surface area contributed by atoms with E-state index in [-0.39, 0.29) is 17.0 Å². The number of nitriles is 1. The molecular formula is C13H14FN5O3. The van der Waals surface area contributed by atoms with Crippen LogP contribution in [-0.2, 0) is 4.74 Å². The zero-order chi connectivity index (χ0) is 16.1. The van der Waals surface area contributed by atoms with Crippen LogP contribution in [-0.4, -0.2) is 49.2 Å². The Hall–Kier alpha value is -2.28. The van der Waals surface area contributed by atoms with Crippen LogP contribution < -0.4 is 5.73 Å². The van der Waals surface area contributed by atoms with Gasteiger partial charge in [0, 0.05) is 6.20 Å². The molecule has 0 amide bonds. The number of hydrogen-bond donors (Lipinski definition) is 3. The summed E-state index contributed by atoms with van der Waals surface area (Å²) in [5, 5.41) is 28.6. The number of aliphatic hydroxyl groups excluding tert-OH is 2. The first-order chi connectivity index (χ1) is 10.4. The quantitative estimate of drug-likeness (QED) is 0.704. The first kappa shape index (κ1) is 14.6. The van der Waals surface area contributed by atoms with Crippen molar-refractivity contribution >= 4 is 16.9 Å². The fourth-order valence-electron chi connectivity index (χ4n) is 2.73. The van der Waals surface area contributed by atoms with Crippen LogP contribution in [0.5, 0.6) is 0 Å². The molecule has 0 aromatic carbocycles. The lowest BCUT2D eigenvalue weighted by molar-refractivity contribution is -0.0564. The van der Waals surface area contributed by atoms with E-state index in [0.717, 1.165) is 0 Å². The fourth-order valence-corrected chi connectivity index (χ4v) is 2.73. The molecule has 1 aliphatic heterocycles. The van der Waals surface area contributed by atoms with Crippen molar-refractivity contribution in [2.45, 2.75) is 31.0 Å². The van der Waals surface area contributed by atoms with Crippen LogP contribution in [0.3, 0.4) is 0 Å². The van der Waals surface area contributed by atoms with Crippen molar-refractivity contribution in [1.29, 1.82) is 5.26 Å². The Morgan fingerprint density at radius 1 is 1.59 bits per heavy atom. The maximum Gasteiger partial charge on any atom is 0.181 e. The molecular weight excluding hydrogens is 293 g/mol. The van der Waals surface area contributed by atoms with Gasteiger partial charge < -0.3 is 25.3 Å². The lowest BCUT2D eigenvalue weighted by Gasteiger charge is -2.25. The van der Waals surface area contributed by atoms with Gasteiger partial charge in [-0.2, -0.15) is 5.26 Å². The predicted octanol–water partition coefficient (Wildman–Crippen LogP) is -0.136. The summed E-state index contributed by atoms with van der Waals surface area (Å²) >= 11 is 0. The van der Waals surface area contributed by atoms with E-state index in [1.165, 1.54) is 24.0 Å². The van der Waals surface area contributed by atoms with Gasteiger partial charge in [0.05, 0.1) is 17.6 Å². The van der Waals surface area contributed by atoms with Gasteiger partial charge in [-0.25, -0.2) is 14.4 Å². The van der Waals surface area contributed by atoms with Crippen molar-refractivity contribution in [3.63, 3.8) is 0 Å². The third-order valence-corrected chi connectivity index (χ3v) is 3.91.